The zero-order valence-electron chi connectivity index (χ0n) is 12.4. The van der Waals surface area contributed by atoms with Gasteiger partial charge in [-0.2, -0.15) is 0 Å². The van der Waals surface area contributed by atoms with Crippen LogP contribution in [0.5, 0.6) is 0 Å². The van der Waals surface area contributed by atoms with E-state index in [1.54, 1.807) is 12.1 Å². The highest BCUT2D eigenvalue weighted by molar-refractivity contribution is 6.31. The second-order valence-electron chi connectivity index (χ2n) is 7.09. The number of rotatable bonds is 2. The summed E-state index contributed by atoms with van der Waals surface area (Å²) in [5.74, 6) is 0.836. The van der Waals surface area contributed by atoms with Crippen molar-refractivity contribution in [2.24, 2.45) is 17.3 Å². The van der Waals surface area contributed by atoms with Gasteiger partial charge in [-0.25, -0.2) is 4.39 Å². The van der Waals surface area contributed by atoms with Crippen LogP contribution in [0.1, 0.15) is 45.6 Å². The van der Waals surface area contributed by atoms with E-state index >= 15 is 0 Å². The van der Waals surface area contributed by atoms with Gasteiger partial charge in [0.25, 0.3) is 0 Å². The zero-order chi connectivity index (χ0) is 14.9. The Bertz CT molecular complexity index is 465. The van der Waals surface area contributed by atoms with E-state index in [9.17, 15) is 4.39 Å². The molecular formula is C17H23Cl2F. The third-order valence-electron chi connectivity index (χ3n) is 4.60. The van der Waals surface area contributed by atoms with Gasteiger partial charge in [0.2, 0.25) is 0 Å². The first kappa shape index (κ1) is 16.1. The minimum absolute atomic E-state index is 0.174. The predicted molar refractivity (Wildman–Crippen MR) is 85.0 cm³/mol. The summed E-state index contributed by atoms with van der Waals surface area (Å²) in [7, 11) is 0. The molecule has 20 heavy (non-hydrogen) atoms. The van der Waals surface area contributed by atoms with Gasteiger partial charge >= 0.3 is 0 Å². The van der Waals surface area contributed by atoms with E-state index in [4.69, 9.17) is 23.2 Å². The van der Waals surface area contributed by atoms with Gasteiger partial charge in [0.05, 0.1) is 0 Å². The van der Waals surface area contributed by atoms with Gasteiger partial charge in [-0.05, 0) is 66.7 Å². The molecule has 2 rings (SSSR count). The van der Waals surface area contributed by atoms with Crippen molar-refractivity contribution >= 4 is 23.2 Å². The Morgan fingerprint density at radius 2 is 1.95 bits per heavy atom. The number of alkyl halides is 1. The van der Waals surface area contributed by atoms with Gasteiger partial charge in [-0.3, -0.25) is 0 Å². The summed E-state index contributed by atoms with van der Waals surface area (Å²) >= 11 is 12.7. The third kappa shape index (κ3) is 3.89. The quantitative estimate of drug-likeness (QED) is 0.579. The molecule has 1 saturated carbocycles. The first-order valence-corrected chi connectivity index (χ1v) is 8.17. The molecule has 0 aliphatic heterocycles. The van der Waals surface area contributed by atoms with E-state index in [1.807, 2.05) is 0 Å². The highest BCUT2D eigenvalue weighted by Gasteiger charge is 2.35. The molecule has 1 aromatic rings. The Hall–Kier alpha value is -0.270. The average molecular weight is 317 g/mol. The lowest BCUT2D eigenvalue weighted by molar-refractivity contribution is 0.144. The highest BCUT2D eigenvalue weighted by atomic mass is 35.5. The first-order valence-electron chi connectivity index (χ1n) is 7.35. The summed E-state index contributed by atoms with van der Waals surface area (Å²) in [6, 6.07) is 4.59. The largest absolute Gasteiger partial charge is 0.207 e. The van der Waals surface area contributed by atoms with E-state index in [0.29, 0.717) is 22.3 Å². The lowest BCUT2D eigenvalue weighted by Gasteiger charge is -2.40. The first-order chi connectivity index (χ1) is 9.27. The molecular weight excluding hydrogens is 294 g/mol. The number of hydrogen-bond donors (Lipinski definition) is 0. The highest BCUT2D eigenvalue weighted by Crippen LogP contribution is 2.43. The summed E-state index contributed by atoms with van der Waals surface area (Å²) in [5, 5.41) is 0.820. The minimum atomic E-state index is -0.223. The summed E-state index contributed by atoms with van der Waals surface area (Å²) in [6.45, 7) is 6.87. The molecule has 1 aliphatic rings. The van der Waals surface area contributed by atoms with Crippen molar-refractivity contribution in [3.8, 4) is 0 Å². The maximum absolute atomic E-state index is 13.4. The van der Waals surface area contributed by atoms with Gasteiger partial charge in [-0.15, -0.1) is 11.6 Å². The summed E-state index contributed by atoms with van der Waals surface area (Å²) in [5.41, 5.74) is 1.19. The molecule has 0 N–H and O–H groups in total. The Morgan fingerprint density at radius 1 is 1.25 bits per heavy atom. The standard InChI is InChI=1S/C17H23Cl2F/c1-17(2,3)13-4-6-15(18)11(9-13)8-12-10-14(20)5-7-16(12)19/h5,7,10-11,13,15H,4,6,8-9H2,1-3H3. The molecule has 0 spiro atoms. The van der Waals surface area contributed by atoms with E-state index in [2.05, 4.69) is 20.8 Å². The Labute approximate surface area is 131 Å². The SMILES string of the molecule is CC(C)(C)C1CCC(Cl)C(Cc2cc(F)ccc2Cl)C1. The Balaban J connectivity index is 2.12. The van der Waals surface area contributed by atoms with Crippen LogP contribution in [0.4, 0.5) is 4.39 Å². The summed E-state index contributed by atoms with van der Waals surface area (Å²) in [6.07, 6.45) is 4.11. The molecule has 0 amide bonds. The number of benzene rings is 1. The van der Waals surface area contributed by atoms with Crippen molar-refractivity contribution in [3.05, 3.63) is 34.6 Å². The normalized spacial score (nSPS) is 27.6. The van der Waals surface area contributed by atoms with E-state index in [1.165, 1.54) is 12.5 Å². The second-order valence-corrected chi connectivity index (χ2v) is 8.06. The van der Waals surface area contributed by atoms with Crippen LogP contribution in [-0.4, -0.2) is 5.38 Å². The monoisotopic (exact) mass is 316 g/mol. The maximum atomic E-state index is 13.4. The molecule has 3 heteroatoms. The van der Waals surface area contributed by atoms with Gasteiger partial charge in [0.1, 0.15) is 5.82 Å². The van der Waals surface area contributed by atoms with Crippen molar-refractivity contribution in [1.82, 2.24) is 0 Å². The van der Waals surface area contributed by atoms with E-state index in [-0.39, 0.29) is 11.2 Å². The van der Waals surface area contributed by atoms with Gasteiger partial charge in [-0.1, -0.05) is 32.4 Å². The topological polar surface area (TPSA) is 0 Å². The minimum Gasteiger partial charge on any atom is -0.207 e. The molecule has 0 saturated heterocycles. The van der Waals surface area contributed by atoms with Crippen molar-refractivity contribution in [2.75, 3.05) is 0 Å². The molecule has 3 unspecified atom stereocenters. The predicted octanol–water partition coefficient (Wildman–Crippen LogP) is 6.09. The zero-order valence-corrected chi connectivity index (χ0v) is 13.9. The maximum Gasteiger partial charge on any atom is 0.123 e. The number of halogens is 3. The van der Waals surface area contributed by atoms with Crippen LogP contribution in [-0.2, 0) is 6.42 Å². The van der Waals surface area contributed by atoms with Crippen LogP contribution < -0.4 is 0 Å². The van der Waals surface area contributed by atoms with Crippen molar-refractivity contribution in [1.29, 1.82) is 0 Å². The van der Waals surface area contributed by atoms with Gasteiger partial charge < -0.3 is 0 Å². The van der Waals surface area contributed by atoms with Crippen molar-refractivity contribution in [3.63, 3.8) is 0 Å². The van der Waals surface area contributed by atoms with Crippen LogP contribution in [0.3, 0.4) is 0 Å². The fraction of sp³-hybridized carbons (Fsp3) is 0.647. The van der Waals surface area contributed by atoms with Crippen molar-refractivity contribution in [2.45, 2.75) is 51.8 Å². The number of hydrogen-bond acceptors (Lipinski definition) is 0. The fourth-order valence-electron chi connectivity index (χ4n) is 3.21. The van der Waals surface area contributed by atoms with Crippen LogP contribution >= 0.6 is 23.2 Å². The Morgan fingerprint density at radius 3 is 2.60 bits per heavy atom. The van der Waals surface area contributed by atoms with Gasteiger partial charge in [0.15, 0.2) is 0 Å². The van der Waals surface area contributed by atoms with Crippen LogP contribution in [0.25, 0.3) is 0 Å². The molecule has 1 aromatic carbocycles. The molecule has 3 atom stereocenters. The molecule has 0 bridgehead atoms. The third-order valence-corrected chi connectivity index (χ3v) is 5.55. The van der Waals surface area contributed by atoms with Crippen LogP contribution in [0.2, 0.25) is 5.02 Å². The van der Waals surface area contributed by atoms with Crippen LogP contribution in [0.15, 0.2) is 18.2 Å². The molecule has 112 valence electrons. The molecule has 0 aromatic heterocycles. The van der Waals surface area contributed by atoms with Crippen LogP contribution in [0, 0.1) is 23.1 Å². The van der Waals surface area contributed by atoms with E-state index in [0.717, 1.165) is 24.8 Å². The molecule has 0 nitrogen and oxygen atoms in total. The molecule has 0 radical (unpaired) electrons. The lowest BCUT2D eigenvalue weighted by atomic mass is 9.68. The molecule has 1 aliphatic carbocycles. The second kappa shape index (κ2) is 6.23. The summed E-state index contributed by atoms with van der Waals surface area (Å²) < 4.78 is 13.4. The van der Waals surface area contributed by atoms with Crippen molar-refractivity contribution < 1.29 is 4.39 Å². The average Bonchev–Trinajstić information content (AvgIpc) is 2.35. The van der Waals surface area contributed by atoms with Gasteiger partial charge in [0, 0.05) is 10.4 Å². The summed E-state index contributed by atoms with van der Waals surface area (Å²) in [4.78, 5) is 0. The molecule has 1 fully saturated rings. The smallest absolute Gasteiger partial charge is 0.123 e. The fourth-order valence-corrected chi connectivity index (χ4v) is 3.72. The Kier molecular flexibility index (Phi) is 5.02. The molecule has 0 heterocycles. The van der Waals surface area contributed by atoms with E-state index < -0.39 is 0 Å². The lowest BCUT2D eigenvalue weighted by Crippen LogP contribution is -2.33.